The van der Waals surface area contributed by atoms with Gasteiger partial charge in [0, 0.05) is 12.1 Å². The largest absolute Gasteiger partial charge is 0.310 e. The SMILES string of the molecule is Cl.O=[N+]([O-])c1cc([C@H]2CCN2)ccc1Br. The Morgan fingerprint density at radius 3 is 2.67 bits per heavy atom. The normalized spacial score (nSPS) is 18.9. The van der Waals surface area contributed by atoms with E-state index in [2.05, 4.69) is 21.2 Å². The molecule has 1 aliphatic rings. The highest BCUT2D eigenvalue weighted by molar-refractivity contribution is 9.10. The zero-order chi connectivity index (χ0) is 10.1. The number of nitro benzene ring substituents is 1. The van der Waals surface area contributed by atoms with E-state index in [1.807, 2.05) is 6.07 Å². The van der Waals surface area contributed by atoms with Crippen LogP contribution in [0, 0.1) is 10.1 Å². The summed E-state index contributed by atoms with van der Waals surface area (Å²) < 4.78 is 0.533. The number of halogens is 2. The molecule has 1 heterocycles. The van der Waals surface area contributed by atoms with Crippen molar-refractivity contribution in [2.75, 3.05) is 6.54 Å². The van der Waals surface area contributed by atoms with Crippen molar-refractivity contribution in [1.29, 1.82) is 0 Å². The summed E-state index contributed by atoms with van der Waals surface area (Å²) >= 11 is 3.16. The van der Waals surface area contributed by atoms with Crippen LogP contribution >= 0.6 is 28.3 Å². The van der Waals surface area contributed by atoms with Crippen molar-refractivity contribution in [2.24, 2.45) is 0 Å². The van der Waals surface area contributed by atoms with Crippen molar-refractivity contribution in [3.63, 3.8) is 0 Å². The average Bonchev–Trinajstić information content (AvgIpc) is 2.04. The van der Waals surface area contributed by atoms with Gasteiger partial charge in [-0.1, -0.05) is 6.07 Å². The summed E-state index contributed by atoms with van der Waals surface area (Å²) in [6.07, 6.45) is 1.05. The summed E-state index contributed by atoms with van der Waals surface area (Å²) in [5, 5.41) is 13.9. The molecule has 1 saturated heterocycles. The average molecular weight is 294 g/mol. The van der Waals surface area contributed by atoms with E-state index in [9.17, 15) is 10.1 Å². The Labute approximate surface area is 102 Å². The van der Waals surface area contributed by atoms with Gasteiger partial charge in [-0.25, -0.2) is 0 Å². The van der Waals surface area contributed by atoms with E-state index in [4.69, 9.17) is 0 Å². The molecule has 0 unspecified atom stereocenters. The molecule has 0 spiro atoms. The van der Waals surface area contributed by atoms with Crippen molar-refractivity contribution < 1.29 is 4.92 Å². The molecule has 0 saturated carbocycles. The fourth-order valence-corrected chi connectivity index (χ4v) is 1.85. The van der Waals surface area contributed by atoms with Crippen LogP contribution in [0.3, 0.4) is 0 Å². The lowest BCUT2D eigenvalue weighted by Crippen LogP contribution is -2.34. The molecule has 0 aromatic heterocycles. The van der Waals surface area contributed by atoms with Crippen molar-refractivity contribution >= 4 is 34.0 Å². The summed E-state index contributed by atoms with van der Waals surface area (Å²) in [6, 6.07) is 5.56. The standard InChI is InChI=1S/C9H9BrN2O2.ClH/c10-7-2-1-6(8-3-4-11-8)5-9(7)12(13)14;/h1-2,5,8,11H,3-4H2;1H/t8-;/m1./s1. The van der Waals surface area contributed by atoms with Gasteiger partial charge in [0.05, 0.1) is 9.40 Å². The second kappa shape index (κ2) is 4.92. The second-order valence-electron chi connectivity index (χ2n) is 3.26. The van der Waals surface area contributed by atoms with Crippen molar-refractivity contribution in [3.05, 3.63) is 38.3 Å². The van der Waals surface area contributed by atoms with Gasteiger partial charge in [-0.3, -0.25) is 10.1 Å². The first-order valence-corrected chi connectivity index (χ1v) is 5.15. The third-order valence-corrected chi connectivity index (χ3v) is 3.06. The molecule has 1 fully saturated rings. The van der Waals surface area contributed by atoms with Crippen LogP contribution < -0.4 is 5.32 Å². The Bertz CT molecular complexity index is 382. The van der Waals surface area contributed by atoms with E-state index in [-0.39, 0.29) is 23.0 Å². The minimum atomic E-state index is -0.369. The predicted octanol–water partition coefficient (Wildman–Crippen LogP) is 2.81. The van der Waals surface area contributed by atoms with Gasteiger partial charge in [0.2, 0.25) is 0 Å². The molecule has 4 nitrogen and oxygen atoms in total. The van der Waals surface area contributed by atoms with E-state index in [1.165, 1.54) is 0 Å². The maximum atomic E-state index is 10.7. The van der Waals surface area contributed by atoms with Gasteiger partial charge < -0.3 is 5.32 Å². The number of rotatable bonds is 2. The number of nitrogens with one attached hydrogen (secondary N) is 1. The molecule has 15 heavy (non-hydrogen) atoms. The Kier molecular flexibility index (Phi) is 4.07. The first kappa shape index (κ1) is 12.4. The molecule has 0 radical (unpaired) electrons. The van der Waals surface area contributed by atoms with E-state index in [0.717, 1.165) is 18.5 Å². The lowest BCUT2D eigenvalue weighted by molar-refractivity contribution is -0.385. The highest BCUT2D eigenvalue weighted by atomic mass is 79.9. The van der Waals surface area contributed by atoms with Crippen LogP contribution in [-0.2, 0) is 0 Å². The number of benzene rings is 1. The third kappa shape index (κ3) is 2.48. The smallest absolute Gasteiger partial charge is 0.283 e. The minimum Gasteiger partial charge on any atom is -0.310 e. The molecule has 0 amide bonds. The molecule has 1 atom stereocenters. The predicted molar refractivity (Wildman–Crippen MR) is 63.4 cm³/mol. The van der Waals surface area contributed by atoms with Crippen LogP contribution in [0.1, 0.15) is 18.0 Å². The van der Waals surface area contributed by atoms with Gasteiger partial charge in [0.15, 0.2) is 0 Å². The molecule has 1 aromatic carbocycles. The van der Waals surface area contributed by atoms with E-state index in [0.29, 0.717) is 10.5 Å². The lowest BCUT2D eigenvalue weighted by Gasteiger charge is -2.27. The first-order chi connectivity index (χ1) is 6.68. The number of hydrogen-bond acceptors (Lipinski definition) is 3. The first-order valence-electron chi connectivity index (χ1n) is 4.35. The summed E-state index contributed by atoms with van der Waals surface area (Å²) in [5.74, 6) is 0. The molecule has 0 bridgehead atoms. The van der Waals surface area contributed by atoms with Crippen LogP contribution in [0.2, 0.25) is 0 Å². The van der Waals surface area contributed by atoms with E-state index in [1.54, 1.807) is 12.1 Å². The van der Waals surface area contributed by atoms with Crippen molar-refractivity contribution in [2.45, 2.75) is 12.5 Å². The minimum absolute atomic E-state index is 0. The van der Waals surface area contributed by atoms with Gasteiger partial charge in [-0.2, -0.15) is 0 Å². The highest BCUT2D eigenvalue weighted by Gasteiger charge is 2.21. The van der Waals surface area contributed by atoms with Gasteiger partial charge in [-0.05, 0) is 40.5 Å². The zero-order valence-electron chi connectivity index (χ0n) is 7.77. The summed E-state index contributed by atoms with van der Waals surface area (Å²) in [5.41, 5.74) is 1.13. The maximum absolute atomic E-state index is 10.7. The van der Waals surface area contributed by atoms with Gasteiger partial charge in [-0.15, -0.1) is 12.4 Å². The quantitative estimate of drug-likeness (QED) is 0.674. The van der Waals surface area contributed by atoms with Crippen LogP contribution in [0.25, 0.3) is 0 Å². The van der Waals surface area contributed by atoms with Crippen molar-refractivity contribution in [3.8, 4) is 0 Å². The third-order valence-electron chi connectivity index (χ3n) is 2.39. The fraction of sp³-hybridized carbons (Fsp3) is 0.333. The Morgan fingerprint density at radius 1 is 1.53 bits per heavy atom. The molecular formula is C9H10BrClN2O2. The van der Waals surface area contributed by atoms with Gasteiger partial charge >= 0.3 is 0 Å². The summed E-state index contributed by atoms with van der Waals surface area (Å²) in [4.78, 5) is 10.3. The monoisotopic (exact) mass is 292 g/mol. The molecule has 0 aliphatic carbocycles. The Balaban J connectivity index is 0.00000112. The van der Waals surface area contributed by atoms with Gasteiger partial charge in [0.25, 0.3) is 5.69 Å². The number of hydrogen-bond donors (Lipinski definition) is 1. The molecule has 1 N–H and O–H groups in total. The van der Waals surface area contributed by atoms with Crippen LogP contribution in [0.4, 0.5) is 5.69 Å². The molecule has 1 aliphatic heterocycles. The fourth-order valence-electron chi connectivity index (χ4n) is 1.46. The Hall–Kier alpha value is -0.650. The molecular weight excluding hydrogens is 283 g/mol. The number of nitro groups is 1. The van der Waals surface area contributed by atoms with Crippen molar-refractivity contribution in [1.82, 2.24) is 5.32 Å². The maximum Gasteiger partial charge on any atom is 0.283 e. The van der Waals surface area contributed by atoms with E-state index >= 15 is 0 Å². The highest BCUT2D eigenvalue weighted by Crippen LogP contribution is 2.30. The molecule has 82 valence electrons. The van der Waals surface area contributed by atoms with Gasteiger partial charge in [0.1, 0.15) is 0 Å². The van der Waals surface area contributed by atoms with E-state index < -0.39 is 0 Å². The molecule has 1 aromatic rings. The summed E-state index contributed by atoms with van der Waals surface area (Å²) in [7, 11) is 0. The second-order valence-corrected chi connectivity index (χ2v) is 4.12. The summed E-state index contributed by atoms with van der Waals surface area (Å²) in [6.45, 7) is 0.995. The molecule has 2 rings (SSSR count). The lowest BCUT2D eigenvalue weighted by atomic mass is 9.98. The Morgan fingerprint density at radius 2 is 2.20 bits per heavy atom. The topological polar surface area (TPSA) is 55.2 Å². The molecule has 6 heteroatoms. The van der Waals surface area contributed by atoms with Crippen LogP contribution in [-0.4, -0.2) is 11.5 Å². The number of nitrogens with zero attached hydrogens (tertiary/aromatic N) is 1. The van der Waals surface area contributed by atoms with Crippen LogP contribution in [0.15, 0.2) is 22.7 Å². The van der Waals surface area contributed by atoms with Crippen LogP contribution in [0.5, 0.6) is 0 Å². The zero-order valence-corrected chi connectivity index (χ0v) is 10.2.